The Kier molecular flexibility index (Phi) is 4.67. The Morgan fingerprint density at radius 1 is 1.19 bits per heavy atom. The zero-order chi connectivity index (χ0) is 18.8. The lowest BCUT2D eigenvalue weighted by molar-refractivity contribution is 0.101. The molecule has 0 spiro atoms. The van der Waals surface area contributed by atoms with Crippen LogP contribution in [0.1, 0.15) is 10.4 Å². The molecule has 0 fully saturated rings. The van der Waals surface area contributed by atoms with Gasteiger partial charge in [0.15, 0.2) is 22.4 Å². The summed E-state index contributed by atoms with van der Waals surface area (Å²) in [6, 6.07) is 2.30. The standard InChI is InChI=1S/C14H10F2N6O3S/c1-26-14-19-12(24)8(13(25)20-14)11(23)18-6-3-2-5(9(15)10(6)16)7-4-17-22-21-7/h2-4H,1H3,(H,18,23)(H,17,21,22)(H2,19,20,24,25). The van der Waals surface area contributed by atoms with Crippen molar-refractivity contribution in [2.45, 2.75) is 5.16 Å². The fourth-order valence-electron chi connectivity index (χ4n) is 2.07. The number of benzene rings is 1. The summed E-state index contributed by atoms with van der Waals surface area (Å²) in [5.74, 6) is -5.29. The lowest BCUT2D eigenvalue weighted by Gasteiger charge is -2.10. The number of nitrogens with one attached hydrogen (secondary N) is 2. The zero-order valence-corrected chi connectivity index (χ0v) is 13.8. The van der Waals surface area contributed by atoms with Crippen LogP contribution < -0.4 is 5.32 Å². The van der Waals surface area contributed by atoms with Gasteiger partial charge in [-0.25, -0.2) is 8.78 Å². The Bertz CT molecular complexity index is 960. The Balaban J connectivity index is 1.92. The molecule has 0 unspecified atom stereocenters. The third-order valence-corrected chi connectivity index (χ3v) is 3.83. The number of aromatic amines is 1. The van der Waals surface area contributed by atoms with E-state index in [1.54, 1.807) is 6.26 Å². The van der Waals surface area contributed by atoms with Crippen LogP contribution in [0.25, 0.3) is 11.3 Å². The number of aromatic nitrogens is 5. The molecule has 3 rings (SSSR count). The molecule has 134 valence electrons. The number of anilines is 1. The number of hydrogen-bond acceptors (Lipinski definition) is 8. The second kappa shape index (κ2) is 6.92. The molecule has 0 bridgehead atoms. The van der Waals surface area contributed by atoms with E-state index in [1.165, 1.54) is 12.3 Å². The van der Waals surface area contributed by atoms with Crippen molar-refractivity contribution in [3.63, 3.8) is 0 Å². The molecule has 1 aromatic carbocycles. The van der Waals surface area contributed by atoms with Crippen LogP contribution in [-0.4, -0.2) is 47.8 Å². The lowest BCUT2D eigenvalue weighted by Crippen LogP contribution is -2.15. The third-order valence-electron chi connectivity index (χ3n) is 3.28. The zero-order valence-electron chi connectivity index (χ0n) is 13.0. The van der Waals surface area contributed by atoms with Gasteiger partial charge >= 0.3 is 0 Å². The highest BCUT2D eigenvalue weighted by Gasteiger charge is 2.23. The summed E-state index contributed by atoms with van der Waals surface area (Å²) in [5, 5.41) is 31.0. The van der Waals surface area contributed by atoms with Crippen LogP contribution in [0.3, 0.4) is 0 Å². The number of aromatic hydroxyl groups is 2. The van der Waals surface area contributed by atoms with Crippen molar-refractivity contribution in [2.75, 3.05) is 11.6 Å². The van der Waals surface area contributed by atoms with E-state index in [9.17, 15) is 23.8 Å². The second-order valence-electron chi connectivity index (χ2n) is 4.83. The number of carbonyl (C=O) groups excluding carboxylic acids is 1. The minimum atomic E-state index is -1.35. The molecule has 0 atom stereocenters. The maximum atomic E-state index is 14.2. The van der Waals surface area contributed by atoms with Crippen molar-refractivity contribution in [1.82, 2.24) is 25.4 Å². The number of amides is 1. The Labute approximate surface area is 148 Å². The first-order chi connectivity index (χ1) is 12.4. The molecule has 0 radical (unpaired) electrons. The SMILES string of the molecule is CSc1nc(O)c(C(=O)Nc2ccc(-c3c[nH]nn3)c(F)c2F)c(O)n1. The van der Waals surface area contributed by atoms with Crippen LogP contribution in [0.2, 0.25) is 0 Å². The van der Waals surface area contributed by atoms with Crippen molar-refractivity contribution in [3.05, 3.63) is 35.5 Å². The quantitative estimate of drug-likeness (QED) is 0.398. The summed E-state index contributed by atoms with van der Waals surface area (Å²) in [6.07, 6.45) is 2.87. The summed E-state index contributed by atoms with van der Waals surface area (Å²) < 4.78 is 28.4. The van der Waals surface area contributed by atoms with Crippen LogP contribution in [0.5, 0.6) is 11.8 Å². The minimum absolute atomic E-state index is 0.0331. The van der Waals surface area contributed by atoms with Gasteiger partial charge in [-0.15, -0.1) is 5.10 Å². The number of hydrogen-bond donors (Lipinski definition) is 4. The normalized spacial score (nSPS) is 10.7. The van der Waals surface area contributed by atoms with Crippen LogP contribution in [0.15, 0.2) is 23.5 Å². The molecule has 4 N–H and O–H groups in total. The van der Waals surface area contributed by atoms with Gasteiger partial charge in [-0.1, -0.05) is 17.0 Å². The van der Waals surface area contributed by atoms with Crippen molar-refractivity contribution >= 4 is 23.4 Å². The molecule has 0 aliphatic heterocycles. The largest absolute Gasteiger partial charge is 0.493 e. The summed E-state index contributed by atoms with van der Waals surface area (Å²) in [5.41, 5.74) is -1.25. The lowest BCUT2D eigenvalue weighted by atomic mass is 10.1. The maximum Gasteiger partial charge on any atom is 0.266 e. The Morgan fingerprint density at radius 3 is 2.46 bits per heavy atom. The molecular weight excluding hydrogens is 370 g/mol. The molecule has 0 aliphatic rings. The fourth-order valence-corrected chi connectivity index (χ4v) is 2.43. The smallest absolute Gasteiger partial charge is 0.266 e. The van der Waals surface area contributed by atoms with E-state index < -0.39 is 40.6 Å². The van der Waals surface area contributed by atoms with Crippen LogP contribution >= 0.6 is 11.8 Å². The van der Waals surface area contributed by atoms with Crippen molar-refractivity contribution < 1.29 is 23.8 Å². The van der Waals surface area contributed by atoms with Gasteiger partial charge in [-0.3, -0.25) is 9.89 Å². The van der Waals surface area contributed by atoms with Gasteiger partial charge in [0, 0.05) is 5.56 Å². The molecule has 2 heterocycles. The monoisotopic (exact) mass is 380 g/mol. The van der Waals surface area contributed by atoms with Crippen LogP contribution in [0, 0.1) is 11.6 Å². The maximum absolute atomic E-state index is 14.2. The first-order valence-corrected chi connectivity index (χ1v) is 8.15. The van der Waals surface area contributed by atoms with Crippen molar-refractivity contribution in [1.29, 1.82) is 0 Å². The molecule has 26 heavy (non-hydrogen) atoms. The summed E-state index contributed by atoms with van der Waals surface area (Å²) >= 11 is 1.03. The molecule has 0 aliphatic carbocycles. The van der Waals surface area contributed by atoms with Crippen molar-refractivity contribution in [2.24, 2.45) is 0 Å². The molecular formula is C14H10F2N6O3S. The van der Waals surface area contributed by atoms with E-state index in [0.717, 1.165) is 17.8 Å². The highest BCUT2D eigenvalue weighted by molar-refractivity contribution is 7.98. The topological polar surface area (TPSA) is 137 Å². The molecule has 0 saturated carbocycles. The molecule has 9 nitrogen and oxygen atoms in total. The Morgan fingerprint density at radius 2 is 1.88 bits per heavy atom. The van der Waals surface area contributed by atoms with E-state index in [1.807, 2.05) is 0 Å². The minimum Gasteiger partial charge on any atom is -0.493 e. The predicted octanol–water partition coefficient (Wildman–Crippen LogP) is 1.93. The average Bonchev–Trinajstić information content (AvgIpc) is 3.12. The first kappa shape index (κ1) is 17.5. The van der Waals surface area contributed by atoms with Crippen molar-refractivity contribution in [3.8, 4) is 23.0 Å². The number of halogens is 2. The van der Waals surface area contributed by atoms with Crippen LogP contribution in [0.4, 0.5) is 14.5 Å². The molecule has 1 amide bonds. The molecule has 2 aromatic heterocycles. The van der Waals surface area contributed by atoms with E-state index in [0.29, 0.717) is 0 Å². The molecule has 12 heteroatoms. The number of thioether (sulfide) groups is 1. The van der Waals surface area contributed by atoms with Gasteiger partial charge < -0.3 is 15.5 Å². The molecule has 3 aromatic rings. The van der Waals surface area contributed by atoms with Gasteiger partial charge in [0.05, 0.1) is 11.9 Å². The average molecular weight is 380 g/mol. The fraction of sp³-hybridized carbons (Fsp3) is 0.0714. The third kappa shape index (κ3) is 3.13. The van der Waals surface area contributed by atoms with Gasteiger partial charge in [0.2, 0.25) is 11.8 Å². The number of carbonyl (C=O) groups is 1. The van der Waals surface area contributed by atoms with E-state index in [2.05, 4.69) is 30.7 Å². The summed E-state index contributed by atoms with van der Waals surface area (Å²) in [7, 11) is 0. The van der Waals surface area contributed by atoms with Crippen LogP contribution in [-0.2, 0) is 0 Å². The van der Waals surface area contributed by atoms with E-state index >= 15 is 0 Å². The summed E-state index contributed by atoms with van der Waals surface area (Å²) in [4.78, 5) is 19.4. The number of H-pyrrole nitrogens is 1. The molecule has 0 saturated heterocycles. The van der Waals surface area contributed by atoms with E-state index in [4.69, 9.17) is 0 Å². The number of nitrogens with zero attached hydrogens (tertiary/aromatic N) is 4. The number of rotatable bonds is 4. The van der Waals surface area contributed by atoms with Gasteiger partial charge in [-0.05, 0) is 18.4 Å². The Hall–Kier alpha value is -3.28. The van der Waals surface area contributed by atoms with Gasteiger partial charge in [-0.2, -0.15) is 9.97 Å². The highest BCUT2D eigenvalue weighted by atomic mass is 32.2. The second-order valence-corrected chi connectivity index (χ2v) is 5.61. The first-order valence-electron chi connectivity index (χ1n) is 6.92. The highest BCUT2D eigenvalue weighted by Crippen LogP contribution is 2.30. The van der Waals surface area contributed by atoms with Gasteiger partial charge in [0.1, 0.15) is 5.69 Å². The van der Waals surface area contributed by atoms with Gasteiger partial charge in [0.25, 0.3) is 5.91 Å². The van der Waals surface area contributed by atoms with E-state index in [-0.39, 0.29) is 16.4 Å². The predicted molar refractivity (Wildman–Crippen MR) is 86.8 cm³/mol. The summed E-state index contributed by atoms with van der Waals surface area (Å²) in [6.45, 7) is 0.